The number of benzene rings is 1. The minimum atomic E-state index is -0.537. The molecule has 1 heterocycles. The second-order valence-electron chi connectivity index (χ2n) is 3.78. The Balaban J connectivity index is 2.31. The van der Waals surface area contributed by atoms with Gasteiger partial charge in [0.05, 0.1) is 30.5 Å². The average Bonchev–Trinajstić information content (AvgIpc) is 2.83. The lowest BCUT2D eigenvalue weighted by molar-refractivity contribution is -0.139. The van der Waals surface area contributed by atoms with Crippen LogP contribution in [0.2, 0.25) is 0 Å². The normalized spacial score (nSPS) is 10.5. The molecule has 7 heteroatoms. The van der Waals surface area contributed by atoms with Crippen molar-refractivity contribution in [2.75, 3.05) is 19.5 Å². The predicted octanol–water partition coefficient (Wildman–Crippen LogP) is 2.31. The van der Waals surface area contributed by atoms with E-state index in [1.54, 1.807) is 19.1 Å². The zero-order valence-corrected chi connectivity index (χ0v) is 12.0. The summed E-state index contributed by atoms with van der Waals surface area (Å²) in [6, 6.07) is 7.21. The van der Waals surface area contributed by atoms with Gasteiger partial charge in [-0.25, -0.2) is 14.3 Å². The fourth-order valence-corrected chi connectivity index (χ4v) is 2.49. The third-order valence-electron chi connectivity index (χ3n) is 2.51. The lowest BCUT2D eigenvalue weighted by atomic mass is 10.3. The van der Waals surface area contributed by atoms with Crippen LogP contribution in [0.3, 0.4) is 0 Å². The predicted molar refractivity (Wildman–Crippen MR) is 74.9 cm³/mol. The summed E-state index contributed by atoms with van der Waals surface area (Å²) >= 11 is 1.14. The Morgan fingerprint density at radius 2 is 2.10 bits per heavy atom. The van der Waals surface area contributed by atoms with Crippen LogP contribution in [0.1, 0.15) is 6.92 Å². The molecule has 0 radical (unpaired) electrons. The highest BCUT2D eigenvalue weighted by atomic mass is 32.2. The van der Waals surface area contributed by atoms with Crippen LogP contribution < -0.4 is 0 Å². The van der Waals surface area contributed by atoms with Gasteiger partial charge >= 0.3 is 12.1 Å². The maximum absolute atomic E-state index is 11.9. The van der Waals surface area contributed by atoms with Gasteiger partial charge in [0.15, 0.2) is 5.16 Å². The van der Waals surface area contributed by atoms with E-state index in [4.69, 9.17) is 9.47 Å². The van der Waals surface area contributed by atoms with Gasteiger partial charge in [-0.1, -0.05) is 23.9 Å². The molecular formula is C13H14N2O4S. The molecule has 0 bridgehead atoms. The molecule has 6 nitrogen and oxygen atoms in total. The average molecular weight is 294 g/mol. The second-order valence-corrected chi connectivity index (χ2v) is 4.72. The van der Waals surface area contributed by atoms with Gasteiger partial charge in [0.1, 0.15) is 0 Å². The number of nitrogens with zero attached hydrogens (tertiary/aromatic N) is 2. The summed E-state index contributed by atoms with van der Waals surface area (Å²) in [5.74, 6) is -0.255. The van der Waals surface area contributed by atoms with E-state index in [0.29, 0.717) is 22.8 Å². The molecular weight excluding hydrogens is 280 g/mol. The largest absolute Gasteiger partial charge is 0.465 e. The van der Waals surface area contributed by atoms with Crippen molar-refractivity contribution in [2.45, 2.75) is 12.1 Å². The van der Waals surface area contributed by atoms with Crippen LogP contribution in [-0.4, -0.2) is 41.1 Å². The highest BCUT2D eigenvalue weighted by Gasteiger charge is 2.18. The van der Waals surface area contributed by atoms with Gasteiger partial charge in [-0.05, 0) is 19.1 Å². The minimum absolute atomic E-state index is 0.0914. The topological polar surface area (TPSA) is 70.4 Å². The summed E-state index contributed by atoms with van der Waals surface area (Å²) in [7, 11) is 1.30. The molecule has 0 saturated heterocycles. The summed E-state index contributed by atoms with van der Waals surface area (Å²) in [4.78, 5) is 27.6. The molecule has 20 heavy (non-hydrogen) atoms. The maximum atomic E-state index is 11.9. The van der Waals surface area contributed by atoms with Crippen LogP contribution in [0.25, 0.3) is 11.0 Å². The molecule has 0 atom stereocenters. The number of methoxy groups -OCH3 is 1. The van der Waals surface area contributed by atoms with E-state index in [1.165, 1.54) is 11.7 Å². The number of aromatic nitrogens is 2. The molecule has 2 aromatic rings. The Labute approximate surface area is 120 Å². The lowest BCUT2D eigenvalue weighted by Gasteiger charge is -2.05. The van der Waals surface area contributed by atoms with Gasteiger partial charge in [0.2, 0.25) is 0 Å². The van der Waals surface area contributed by atoms with Gasteiger partial charge < -0.3 is 9.47 Å². The fraction of sp³-hybridized carbons (Fsp3) is 0.308. The van der Waals surface area contributed by atoms with Crippen molar-refractivity contribution in [3.05, 3.63) is 24.3 Å². The van der Waals surface area contributed by atoms with Crippen molar-refractivity contribution >= 4 is 34.9 Å². The van der Waals surface area contributed by atoms with E-state index in [0.717, 1.165) is 11.8 Å². The molecule has 0 aliphatic carbocycles. The molecule has 0 aliphatic heterocycles. The molecule has 0 unspecified atom stereocenters. The first kappa shape index (κ1) is 14.4. The number of imidazole rings is 1. The molecule has 0 N–H and O–H groups in total. The van der Waals surface area contributed by atoms with Gasteiger partial charge in [-0.15, -0.1) is 0 Å². The molecule has 0 spiro atoms. The van der Waals surface area contributed by atoms with Gasteiger partial charge in [-0.3, -0.25) is 4.79 Å². The van der Waals surface area contributed by atoms with Crippen LogP contribution in [0.15, 0.2) is 29.4 Å². The SMILES string of the molecule is CCOC(=O)CSc1nc2ccccc2n1C(=O)OC. The molecule has 0 fully saturated rings. The Hall–Kier alpha value is -2.02. The third kappa shape index (κ3) is 2.93. The van der Waals surface area contributed by atoms with E-state index in [-0.39, 0.29) is 11.7 Å². The second kappa shape index (κ2) is 6.42. The van der Waals surface area contributed by atoms with Gasteiger partial charge in [0, 0.05) is 0 Å². The number of ether oxygens (including phenoxy) is 2. The van der Waals surface area contributed by atoms with Crippen molar-refractivity contribution in [1.29, 1.82) is 0 Å². The molecule has 1 aromatic heterocycles. The Kier molecular flexibility index (Phi) is 4.62. The van der Waals surface area contributed by atoms with E-state index in [2.05, 4.69) is 4.98 Å². The van der Waals surface area contributed by atoms with Crippen LogP contribution in [0.5, 0.6) is 0 Å². The maximum Gasteiger partial charge on any atom is 0.420 e. The first-order chi connectivity index (χ1) is 9.67. The first-order valence-electron chi connectivity index (χ1n) is 6.01. The minimum Gasteiger partial charge on any atom is -0.465 e. The lowest BCUT2D eigenvalue weighted by Crippen LogP contribution is -2.14. The van der Waals surface area contributed by atoms with Crippen molar-refractivity contribution < 1.29 is 19.1 Å². The van der Waals surface area contributed by atoms with Crippen LogP contribution >= 0.6 is 11.8 Å². The van der Waals surface area contributed by atoms with Crippen molar-refractivity contribution in [2.24, 2.45) is 0 Å². The molecule has 2 rings (SSSR count). The first-order valence-corrected chi connectivity index (χ1v) is 7.00. The summed E-state index contributed by atoms with van der Waals surface area (Å²) in [6.45, 7) is 2.07. The highest BCUT2D eigenvalue weighted by molar-refractivity contribution is 7.99. The Morgan fingerprint density at radius 1 is 1.35 bits per heavy atom. The molecule has 106 valence electrons. The number of rotatable bonds is 4. The Morgan fingerprint density at radius 3 is 2.80 bits per heavy atom. The smallest absolute Gasteiger partial charge is 0.420 e. The summed E-state index contributed by atoms with van der Waals surface area (Å²) in [5.41, 5.74) is 1.31. The van der Waals surface area contributed by atoms with Crippen LogP contribution in [0, 0.1) is 0 Å². The highest BCUT2D eigenvalue weighted by Crippen LogP contribution is 2.24. The summed E-state index contributed by atoms with van der Waals surface area (Å²) < 4.78 is 11.0. The van der Waals surface area contributed by atoms with Crippen molar-refractivity contribution in [3.63, 3.8) is 0 Å². The number of hydrogen-bond acceptors (Lipinski definition) is 6. The number of thioether (sulfide) groups is 1. The molecule has 0 aliphatic rings. The van der Waals surface area contributed by atoms with E-state index in [1.807, 2.05) is 12.1 Å². The van der Waals surface area contributed by atoms with Crippen molar-refractivity contribution in [1.82, 2.24) is 9.55 Å². The standard InChI is InChI=1S/C13H14N2O4S/c1-3-19-11(16)8-20-12-14-9-6-4-5-7-10(9)15(12)13(17)18-2/h4-7H,3,8H2,1-2H3. The quantitative estimate of drug-likeness (QED) is 0.636. The fourth-order valence-electron chi connectivity index (χ4n) is 1.69. The van der Waals surface area contributed by atoms with Crippen LogP contribution in [0.4, 0.5) is 4.79 Å². The number of carbonyl (C=O) groups excluding carboxylic acids is 2. The van der Waals surface area contributed by atoms with Crippen molar-refractivity contribution in [3.8, 4) is 0 Å². The number of carbonyl (C=O) groups is 2. The third-order valence-corrected chi connectivity index (χ3v) is 3.42. The zero-order valence-electron chi connectivity index (χ0n) is 11.2. The Bertz CT molecular complexity index is 638. The molecule has 1 aromatic carbocycles. The van der Waals surface area contributed by atoms with Crippen LogP contribution in [-0.2, 0) is 14.3 Å². The molecule has 0 amide bonds. The summed E-state index contributed by atoms with van der Waals surface area (Å²) in [5, 5.41) is 0.408. The van der Waals surface area contributed by atoms with E-state index >= 15 is 0 Å². The van der Waals surface area contributed by atoms with Gasteiger partial charge in [-0.2, -0.15) is 0 Å². The summed E-state index contributed by atoms with van der Waals surface area (Å²) in [6.07, 6.45) is -0.537. The van der Waals surface area contributed by atoms with E-state index in [9.17, 15) is 9.59 Å². The van der Waals surface area contributed by atoms with Gasteiger partial charge in [0.25, 0.3) is 0 Å². The molecule has 0 saturated carbocycles. The number of para-hydroxylation sites is 2. The number of hydrogen-bond donors (Lipinski definition) is 0. The van der Waals surface area contributed by atoms with E-state index < -0.39 is 6.09 Å². The number of esters is 1. The monoisotopic (exact) mass is 294 g/mol. The zero-order chi connectivity index (χ0) is 14.5. The number of fused-ring (bicyclic) bond motifs is 1.